The predicted octanol–water partition coefficient (Wildman–Crippen LogP) is 2.81. The molecule has 0 spiro atoms. The molecule has 0 bridgehead atoms. The van der Waals surface area contributed by atoms with Gasteiger partial charge in [-0.3, -0.25) is 4.99 Å². The first-order valence-corrected chi connectivity index (χ1v) is 5.89. The summed E-state index contributed by atoms with van der Waals surface area (Å²) in [5, 5.41) is 0. The van der Waals surface area contributed by atoms with Gasteiger partial charge in [-0.15, -0.1) is 0 Å². The molecule has 0 atom stereocenters. The molecule has 0 unspecified atom stereocenters. The topological polar surface area (TPSA) is 24.8 Å². The zero-order valence-electron chi connectivity index (χ0n) is 11.4. The van der Waals surface area contributed by atoms with Gasteiger partial charge in [-0.05, 0) is 17.7 Å². The molecular weight excluding hydrogens is 212 g/mol. The molecule has 0 aliphatic carbocycles. The smallest absolute Gasteiger partial charge is 0.118 e. The maximum absolute atomic E-state index is 5.13. The first kappa shape index (κ1) is 13.6. The van der Waals surface area contributed by atoms with E-state index >= 15 is 0 Å². The maximum Gasteiger partial charge on any atom is 0.118 e. The van der Waals surface area contributed by atoms with Crippen LogP contribution < -0.4 is 4.74 Å². The standard InChI is InChI=1S/C14H22N2O/c1-11(2)14(16(3)4)15-10-12-6-8-13(17-5)9-7-12/h6-9,11H,10H2,1-5H3. The summed E-state index contributed by atoms with van der Waals surface area (Å²) in [5.74, 6) is 2.46. The van der Waals surface area contributed by atoms with Crippen LogP contribution in [0.4, 0.5) is 0 Å². The number of hydrogen-bond acceptors (Lipinski definition) is 2. The minimum absolute atomic E-state index is 0.447. The summed E-state index contributed by atoms with van der Waals surface area (Å²) in [7, 11) is 5.75. The number of hydrogen-bond donors (Lipinski definition) is 0. The third kappa shape index (κ3) is 4.10. The van der Waals surface area contributed by atoms with Crippen LogP contribution >= 0.6 is 0 Å². The number of aliphatic imine (C=N–C) groups is 1. The Morgan fingerprint density at radius 2 is 1.82 bits per heavy atom. The first-order valence-electron chi connectivity index (χ1n) is 5.89. The monoisotopic (exact) mass is 234 g/mol. The van der Waals surface area contributed by atoms with Crippen molar-refractivity contribution in [3.05, 3.63) is 29.8 Å². The van der Waals surface area contributed by atoms with Crippen molar-refractivity contribution in [1.29, 1.82) is 0 Å². The van der Waals surface area contributed by atoms with E-state index in [9.17, 15) is 0 Å². The highest BCUT2D eigenvalue weighted by atomic mass is 16.5. The Labute approximate surface area is 104 Å². The lowest BCUT2D eigenvalue weighted by Crippen LogP contribution is -2.27. The Hall–Kier alpha value is -1.51. The average molecular weight is 234 g/mol. The molecule has 1 aromatic rings. The van der Waals surface area contributed by atoms with Crippen LogP contribution in [0, 0.1) is 5.92 Å². The van der Waals surface area contributed by atoms with E-state index in [1.807, 2.05) is 26.2 Å². The maximum atomic E-state index is 5.13. The Morgan fingerprint density at radius 3 is 2.24 bits per heavy atom. The van der Waals surface area contributed by atoms with Crippen molar-refractivity contribution < 1.29 is 4.74 Å². The van der Waals surface area contributed by atoms with Crippen LogP contribution in [0.5, 0.6) is 5.75 Å². The van der Waals surface area contributed by atoms with Crippen LogP contribution in [0.15, 0.2) is 29.3 Å². The molecule has 0 aliphatic rings. The fourth-order valence-corrected chi connectivity index (χ4v) is 1.74. The third-order valence-electron chi connectivity index (χ3n) is 2.56. The third-order valence-corrected chi connectivity index (χ3v) is 2.56. The molecule has 0 saturated heterocycles. The SMILES string of the molecule is COc1ccc(CN=C(C(C)C)N(C)C)cc1. The van der Waals surface area contributed by atoms with Crippen molar-refractivity contribution in [3.8, 4) is 5.75 Å². The van der Waals surface area contributed by atoms with E-state index in [1.54, 1.807) is 7.11 Å². The highest BCUT2D eigenvalue weighted by Gasteiger charge is 2.06. The summed E-state index contributed by atoms with van der Waals surface area (Å²) < 4.78 is 5.13. The second-order valence-corrected chi connectivity index (χ2v) is 4.57. The number of benzene rings is 1. The summed E-state index contributed by atoms with van der Waals surface area (Å²) in [5.41, 5.74) is 1.20. The molecule has 0 radical (unpaired) electrons. The second kappa shape index (κ2) is 6.28. The lowest BCUT2D eigenvalue weighted by Gasteiger charge is -2.19. The molecule has 0 amide bonds. The van der Waals surface area contributed by atoms with E-state index < -0.39 is 0 Å². The van der Waals surface area contributed by atoms with E-state index in [2.05, 4.69) is 35.9 Å². The van der Waals surface area contributed by atoms with Gasteiger partial charge in [0, 0.05) is 20.0 Å². The molecule has 0 N–H and O–H groups in total. The summed E-state index contributed by atoms with van der Waals surface area (Å²) in [6.07, 6.45) is 0. The highest BCUT2D eigenvalue weighted by Crippen LogP contribution is 2.12. The number of rotatable bonds is 4. The van der Waals surface area contributed by atoms with Gasteiger partial charge in [-0.1, -0.05) is 26.0 Å². The normalized spacial score (nSPS) is 11.8. The zero-order valence-corrected chi connectivity index (χ0v) is 11.4. The minimum atomic E-state index is 0.447. The van der Waals surface area contributed by atoms with Gasteiger partial charge in [0.15, 0.2) is 0 Å². The summed E-state index contributed by atoms with van der Waals surface area (Å²) in [6.45, 7) is 5.04. The van der Waals surface area contributed by atoms with Crippen LogP contribution in [0.1, 0.15) is 19.4 Å². The number of nitrogens with zero attached hydrogens (tertiary/aromatic N) is 2. The van der Waals surface area contributed by atoms with E-state index in [4.69, 9.17) is 4.74 Å². The van der Waals surface area contributed by atoms with Crippen molar-refractivity contribution in [2.24, 2.45) is 10.9 Å². The van der Waals surface area contributed by atoms with Gasteiger partial charge in [0.2, 0.25) is 0 Å². The van der Waals surface area contributed by atoms with Crippen LogP contribution in [-0.2, 0) is 6.54 Å². The van der Waals surface area contributed by atoms with Crippen molar-refractivity contribution in [1.82, 2.24) is 4.90 Å². The van der Waals surface area contributed by atoms with Gasteiger partial charge < -0.3 is 9.64 Å². The second-order valence-electron chi connectivity index (χ2n) is 4.57. The molecule has 0 heterocycles. The number of ether oxygens (including phenoxy) is 1. The fraction of sp³-hybridized carbons (Fsp3) is 0.500. The molecule has 0 aliphatic heterocycles. The summed E-state index contributed by atoms with van der Waals surface area (Å²) in [4.78, 5) is 6.73. The van der Waals surface area contributed by atoms with Crippen molar-refractivity contribution in [2.75, 3.05) is 21.2 Å². The van der Waals surface area contributed by atoms with E-state index in [-0.39, 0.29) is 0 Å². The first-order chi connectivity index (χ1) is 8.04. The van der Waals surface area contributed by atoms with Gasteiger partial charge in [0.25, 0.3) is 0 Å². The molecule has 94 valence electrons. The van der Waals surface area contributed by atoms with Gasteiger partial charge in [0.1, 0.15) is 11.6 Å². The fourth-order valence-electron chi connectivity index (χ4n) is 1.74. The van der Waals surface area contributed by atoms with Crippen molar-refractivity contribution >= 4 is 5.84 Å². The summed E-state index contributed by atoms with van der Waals surface area (Å²) >= 11 is 0. The Bertz CT molecular complexity index is 356. The molecule has 0 aromatic heterocycles. The Balaban J connectivity index is 2.73. The van der Waals surface area contributed by atoms with E-state index in [1.165, 1.54) is 5.56 Å². The van der Waals surface area contributed by atoms with E-state index in [0.29, 0.717) is 5.92 Å². The quantitative estimate of drug-likeness (QED) is 0.591. The lowest BCUT2D eigenvalue weighted by atomic mass is 10.2. The van der Waals surface area contributed by atoms with E-state index in [0.717, 1.165) is 18.1 Å². The number of methoxy groups -OCH3 is 1. The van der Waals surface area contributed by atoms with Crippen LogP contribution in [0.2, 0.25) is 0 Å². The molecule has 17 heavy (non-hydrogen) atoms. The average Bonchev–Trinajstić information content (AvgIpc) is 2.29. The molecule has 0 fully saturated rings. The van der Waals surface area contributed by atoms with Crippen LogP contribution in [0.25, 0.3) is 0 Å². The lowest BCUT2D eigenvalue weighted by molar-refractivity contribution is 0.414. The Morgan fingerprint density at radius 1 is 1.24 bits per heavy atom. The zero-order chi connectivity index (χ0) is 12.8. The van der Waals surface area contributed by atoms with Crippen LogP contribution in [0.3, 0.4) is 0 Å². The largest absolute Gasteiger partial charge is 0.497 e. The molecule has 3 heteroatoms. The van der Waals surface area contributed by atoms with Crippen molar-refractivity contribution in [3.63, 3.8) is 0 Å². The van der Waals surface area contributed by atoms with Gasteiger partial charge in [-0.25, -0.2) is 0 Å². The van der Waals surface area contributed by atoms with Gasteiger partial charge >= 0.3 is 0 Å². The Kier molecular flexibility index (Phi) is 5.01. The van der Waals surface area contributed by atoms with Gasteiger partial charge in [-0.2, -0.15) is 0 Å². The molecule has 1 rings (SSSR count). The highest BCUT2D eigenvalue weighted by molar-refractivity contribution is 5.83. The van der Waals surface area contributed by atoms with Crippen LogP contribution in [-0.4, -0.2) is 31.9 Å². The molecule has 0 saturated carbocycles. The predicted molar refractivity (Wildman–Crippen MR) is 72.7 cm³/mol. The van der Waals surface area contributed by atoms with Gasteiger partial charge in [0.05, 0.1) is 13.7 Å². The summed E-state index contributed by atoms with van der Waals surface area (Å²) in [6, 6.07) is 8.04. The molecule has 1 aromatic carbocycles. The minimum Gasteiger partial charge on any atom is -0.497 e. The molecule has 3 nitrogen and oxygen atoms in total. The number of amidine groups is 1. The molecular formula is C14H22N2O. The van der Waals surface area contributed by atoms with Crippen molar-refractivity contribution in [2.45, 2.75) is 20.4 Å².